The van der Waals surface area contributed by atoms with Crippen LogP contribution in [0, 0.1) is 13.8 Å². The molecule has 0 radical (unpaired) electrons. The van der Waals surface area contributed by atoms with Gasteiger partial charge < -0.3 is 10.6 Å². The summed E-state index contributed by atoms with van der Waals surface area (Å²) in [7, 11) is 0. The first kappa shape index (κ1) is 20.3. The van der Waals surface area contributed by atoms with E-state index in [0.717, 1.165) is 23.7 Å². The number of hydrogen-bond acceptors (Lipinski definition) is 2. The standard InChI is InChI=1S/C25H29ClN2/c1-5-27-23-13-11-19(15-17(23)3)25(21-9-7-8-10-22(21)26)20-12-14-24(28-6-2)18(4)16-20/h7-16,25,27-28H,5-6H2,1-4H3. The summed E-state index contributed by atoms with van der Waals surface area (Å²) in [6.07, 6.45) is 0. The number of nitrogens with one attached hydrogen (secondary N) is 2. The van der Waals surface area contributed by atoms with Gasteiger partial charge in [-0.2, -0.15) is 0 Å². The highest BCUT2D eigenvalue weighted by molar-refractivity contribution is 6.31. The van der Waals surface area contributed by atoms with E-state index in [9.17, 15) is 0 Å². The third-order valence-electron chi connectivity index (χ3n) is 5.12. The minimum Gasteiger partial charge on any atom is -0.385 e. The quantitative estimate of drug-likeness (QED) is 0.423. The molecule has 3 heteroatoms. The van der Waals surface area contributed by atoms with E-state index in [2.05, 4.69) is 86.9 Å². The average Bonchev–Trinajstić information content (AvgIpc) is 2.68. The van der Waals surface area contributed by atoms with E-state index >= 15 is 0 Å². The van der Waals surface area contributed by atoms with Gasteiger partial charge in [-0.1, -0.05) is 54.1 Å². The van der Waals surface area contributed by atoms with Crippen LogP contribution in [0.3, 0.4) is 0 Å². The van der Waals surface area contributed by atoms with Gasteiger partial charge in [0.15, 0.2) is 0 Å². The van der Waals surface area contributed by atoms with Crippen LogP contribution >= 0.6 is 11.6 Å². The molecular weight excluding hydrogens is 364 g/mol. The van der Waals surface area contributed by atoms with Crippen molar-refractivity contribution in [1.82, 2.24) is 0 Å². The molecule has 0 aliphatic heterocycles. The largest absolute Gasteiger partial charge is 0.385 e. The number of benzene rings is 3. The molecule has 3 rings (SSSR count). The molecule has 3 aromatic rings. The lowest BCUT2D eigenvalue weighted by atomic mass is 9.83. The SMILES string of the molecule is CCNc1ccc(C(c2ccc(NCC)c(C)c2)c2ccccc2Cl)cc1C. The Bertz CT molecular complexity index is 894. The van der Waals surface area contributed by atoms with Crippen molar-refractivity contribution in [2.75, 3.05) is 23.7 Å². The second-order valence-electron chi connectivity index (χ2n) is 7.16. The first-order valence-corrected chi connectivity index (χ1v) is 10.4. The molecule has 0 atom stereocenters. The molecule has 0 saturated heterocycles. The highest BCUT2D eigenvalue weighted by Crippen LogP contribution is 2.38. The normalized spacial score (nSPS) is 10.9. The third kappa shape index (κ3) is 4.34. The van der Waals surface area contributed by atoms with Crippen LogP contribution in [0.2, 0.25) is 5.02 Å². The molecule has 0 saturated carbocycles. The van der Waals surface area contributed by atoms with Gasteiger partial charge >= 0.3 is 0 Å². The van der Waals surface area contributed by atoms with Crippen LogP contribution in [0.4, 0.5) is 11.4 Å². The van der Waals surface area contributed by atoms with E-state index in [-0.39, 0.29) is 5.92 Å². The predicted molar refractivity (Wildman–Crippen MR) is 123 cm³/mol. The first-order valence-electron chi connectivity index (χ1n) is 9.98. The predicted octanol–water partition coefficient (Wildman–Crippen LogP) is 7.00. The number of hydrogen-bond donors (Lipinski definition) is 2. The maximum atomic E-state index is 6.64. The summed E-state index contributed by atoms with van der Waals surface area (Å²) in [5, 5.41) is 7.66. The van der Waals surface area contributed by atoms with Gasteiger partial charge in [-0.05, 0) is 73.7 Å². The summed E-state index contributed by atoms with van der Waals surface area (Å²) in [6, 6.07) is 21.5. The lowest BCUT2D eigenvalue weighted by Crippen LogP contribution is -2.07. The van der Waals surface area contributed by atoms with Gasteiger partial charge in [0.1, 0.15) is 0 Å². The van der Waals surface area contributed by atoms with Crippen molar-refractivity contribution >= 4 is 23.0 Å². The Morgan fingerprint density at radius 1 is 0.750 bits per heavy atom. The van der Waals surface area contributed by atoms with Crippen LogP contribution < -0.4 is 10.6 Å². The number of rotatable bonds is 7. The van der Waals surface area contributed by atoms with E-state index < -0.39 is 0 Å². The molecular formula is C25H29ClN2. The average molecular weight is 393 g/mol. The van der Waals surface area contributed by atoms with Crippen LogP contribution in [0.5, 0.6) is 0 Å². The lowest BCUT2D eigenvalue weighted by Gasteiger charge is -2.22. The summed E-state index contributed by atoms with van der Waals surface area (Å²) >= 11 is 6.64. The Morgan fingerprint density at radius 3 is 1.68 bits per heavy atom. The van der Waals surface area contributed by atoms with E-state index in [1.54, 1.807) is 0 Å². The van der Waals surface area contributed by atoms with Gasteiger partial charge in [0.05, 0.1) is 0 Å². The molecule has 3 aromatic carbocycles. The molecule has 0 fully saturated rings. The highest BCUT2D eigenvalue weighted by Gasteiger charge is 2.20. The zero-order chi connectivity index (χ0) is 20.1. The van der Waals surface area contributed by atoms with Gasteiger partial charge in [0.2, 0.25) is 0 Å². The van der Waals surface area contributed by atoms with Gasteiger partial charge in [-0.25, -0.2) is 0 Å². The summed E-state index contributed by atoms with van der Waals surface area (Å²) in [6.45, 7) is 10.4. The fraction of sp³-hybridized carbons (Fsp3) is 0.280. The third-order valence-corrected chi connectivity index (χ3v) is 5.46. The molecule has 0 spiro atoms. The van der Waals surface area contributed by atoms with Gasteiger partial charge in [-0.3, -0.25) is 0 Å². The second-order valence-corrected chi connectivity index (χ2v) is 7.57. The molecule has 28 heavy (non-hydrogen) atoms. The minimum absolute atomic E-state index is 0.0949. The van der Waals surface area contributed by atoms with Crippen molar-refractivity contribution in [3.05, 3.63) is 93.5 Å². The van der Waals surface area contributed by atoms with Crippen LogP contribution in [-0.4, -0.2) is 13.1 Å². The Kier molecular flexibility index (Phi) is 6.64. The molecule has 146 valence electrons. The number of anilines is 2. The van der Waals surface area contributed by atoms with Crippen LogP contribution in [-0.2, 0) is 0 Å². The summed E-state index contributed by atoms with van der Waals surface area (Å²) in [4.78, 5) is 0. The molecule has 0 amide bonds. The van der Waals surface area contributed by atoms with Crippen molar-refractivity contribution in [3.8, 4) is 0 Å². The van der Waals surface area contributed by atoms with E-state index in [0.29, 0.717) is 0 Å². The zero-order valence-electron chi connectivity index (χ0n) is 17.1. The van der Waals surface area contributed by atoms with Crippen LogP contribution in [0.15, 0.2) is 60.7 Å². The molecule has 0 aliphatic carbocycles. The lowest BCUT2D eigenvalue weighted by molar-refractivity contribution is 0.970. The van der Waals surface area contributed by atoms with Crippen molar-refractivity contribution in [2.24, 2.45) is 0 Å². The number of halogens is 1. The van der Waals surface area contributed by atoms with Gasteiger partial charge in [0, 0.05) is 35.4 Å². The maximum absolute atomic E-state index is 6.64. The summed E-state index contributed by atoms with van der Waals surface area (Å²) in [5.41, 5.74) is 8.50. The smallest absolute Gasteiger partial charge is 0.0447 e. The zero-order valence-corrected chi connectivity index (χ0v) is 17.9. The minimum atomic E-state index is 0.0949. The van der Waals surface area contributed by atoms with Crippen molar-refractivity contribution < 1.29 is 0 Å². The Hall–Kier alpha value is -2.45. The van der Waals surface area contributed by atoms with Gasteiger partial charge in [-0.15, -0.1) is 0 Å². The fourth-order valence-electron chi connectivity index (χ4n) is 3.77. The summed E-state index contributed by atoms with van der Waals surface area (Å²) in [5.74, 6) is 0.0949. The molecule has 0 aliphatic rings. The summed E-state index contributed by atoms with van der Waals surface area (Å²) < 4.78 is 0. The van der Waals surface area contributed by atoms with Crippen LogP contribution in [0.25, 0.3) is 0 Å². The Balaban J connectivity index is 2.13. The van der Waals surface area contributed by atoms with E-state index in [1.165, 1.54) is 33.6 Å². The molecule has 2 nitrogen and oxygen atoms in total. The molecule has 0 heterocycles. The Morgan fingerprint density at radius 2 is 1.25 bits per heavy atom. The van der Waals surface area contributed by atoms with E-state index in [4.69, 9.17) is 11.6 Å². The second kappa shape index (κ2) is 9.16. The van der Waals surface area contributed by atoms with E-state index in [1.807, 2.05) is 12.1 Å². The molecule has 0 bridgehead atoms. The van der Waals surface area contributed by atoms with Crippen molar-refractivity contribution in [2.45, 2.75) is 33.6 Å². The molecule has 0 aromatic heterocycles. The first-order chi connectivity index (χ1) is 13.5. The Labute approximate surface area is 174 Å². The topological polar surface area (TPSA) is 24.1 Å². The van der Waals surface area contributed by atoms with Crippen LogP contribution in [0.1, 0.15) is 47.6 Å². The highest BCUT2D eigenvalue weighted by atomic mass is 35.5. The monoisotopic (exact) mass is 392 g/mol. The van der Waals surface area contributed by atoms with Crippen molar-refractivity contribution in [3.63, 3.8) is 0 Å². The molecule has 2 N–H and O–H groups in total. The maximum Gasteiger partial charge on any atom is 0.0447 e. The molecule has 0 unspecified atom stereocenters. The number of aryl methyl sites for hydroxylation is 2. The van der Waals surface area contributed by atoms with Crippen molar-refractivity contribution in [1.29, 1.82) is 0 Å². The van der Waals surface area contributed by atoms with Gasteiger partial charge in [0.25, 0.3) is 0 Å². The fourth-order valence-corrected chi connectivity index (χ4v) is 4.02.